The number of hydrogen-bond donors (Lipinski definition) is 1. The van der Waals surface area contributed by atoms with E-state index in [0.717, 1.165) is 12.1 Å². The molecule has 0 unspecified atom stereocenters. The van der Waals surface area contributed by atoms with Crippen LogP contribution in [0.1, 0.15) is 17.6 Å². The predicted octanol–water partition coefficient (Wildman–Crippen LogP) is 2.74. The molecule has 88 valence electrons. The van der Waals surface area contributed by atoms with Crippen LogP contribution in [0.15, 0.2) is 18.2 Å². The van der Waals surface area contributed by atoms with Gasteiger partial charge in [-0.2, -0.15) is 0 Å². The van der Waals surface area contributed by atoms with Gasteiger partial charge in [-0.25, -0.2) is 13.2 Å². The van der Waals surface area contributed by atoms with Gasteiger partial charge in [0.2, 0.25) is 0 Å². The van der Waals surface area contributed by atoms with E-state index in [2.05, 4.69) is 0 Å². The molecule has 0 fully saturated rings. The zero-order chi connectivity index (χ0) is 12.1. The zero-order valence-corrected chi connectivity index (χ0v) is 8.71. The zero-order valence-electron chi connectivity index (χ0n) is 8.71. The molecule has 1 aromatic rings. The fourth-order valence-electron chi connectivity index (χ4n) is 1.35. The Morgan fingerprint density at radius 3 is 2.62 bits per heavy atom. The minimum atomic E-state index is -2.78. The van der Waals surface area contributed by atoms with Crippen LogP contribution in [0.4, 0.5) is 13.2 Å². The van der Waals surface area contributed by atoms with E-state index in [0.29, 0.717) is 0 Å². The van der Waals surface area contributed by atoms with Crippen LogP contribution < -0.4 is 10.5 Å². The summed E-state index contributed by atoms with van der Waals surface area (Å²) in [6.45, 7) is 0.240. The van der Waals surface area contributed by atoms with Gasteiger partial charge in [-0.15, -0.1) is 0 Å². The van der Waals surface area contributed by atoms with Gasteiger partial charge in [-0.3, -0.25) is 0 Å². The monoisotopic (exact) mass is 231 g/mol. The number of halogens is 3. The minimum absolute atomic E-state index is 0.0268. The molecule has 5 heteroatoms. The van der Waals surface area contributed by atoms with Crippen LogP contribution in [0.5, 0.6) is 5.75 Å². The normalized spacial score (nSPS) is 11.4. The van der Waals surface area contributed by atoms with Crippen LogP contribution in [0, 0.1) is 5.82 Å². The van der Waals surface area contributed by atoms with E-state index < -0.39 is 17.8 Å². The lowest BCUT2D eigenvalue weighted by Crippen LogP contribution is -1.98. The van der Waals surface area contributed by atoms with E-state index >= 15 is 0 Å². The van der Waals surface area contributed by atoms with Crippen LogP contribution in [0.2, 0.25) is 0 Å². The van der Waals surface area contributed by atoms with Crippen molar-refractivity contribution in [3.05, 3.63) is 35.2 Å². The van der Waals surface area contributed by atoms with Crippen molar-refractivity contribution >= 4 is 6.08 Å². The number of nitrogens with two attached hydrogens (primary N) is 1. The second-order valence-corrected chi connectivity index (χ2v) is 3.06. The van der Waals surface area contributed by atoms with E-state index in [4.69, 9.17) is 10.5 Å². The fraction of sp³-hybridized carbons (Fsp3) is 0.273. The summed E-state index contributed by atoms with van der Waals surface area (Å²) in [7, 11) is 1.26. The van der Waals surface area contributed by atoms with Crippen molar-refractivity contribution < 1.29 is 17.9 Å². The van der Waals surface area contributed by atoms with Crippen molar-refractivity contribution in [3.8, 4) is 5.75 Å². The summed E-state index contributed by atoms with van der Waals surface area (Å²) in [5.74, 6) is -0.756. The van der Waals surface area contributed by atoms with Gasteiger partial charge in [0.05, 0.1) is 12.7 Å². The molecule has 0 spiro atoms. The van der Waals surface area contributed by atoms with Crippen molar-refractivity contribution in [1.29, 1.82) is 0 Å². The third-order valence-electron chi connectivity index (χ3n) is 1.98. The smallest absolute Gasteiger partial charge is 0.267 e. The highest BCUT2D eigenvalue weighted by Crippen LogP contribution is 2.33. The molecule has 0 atom stereocenters. The number of benzene rings is 1. The maximum atomic E-state index is 13.1. The van der Waals surface area contributed by atoms with Crippen LogP contribution in [-0.2, 0) is 0 Å². The van der Waals surface area contributed by atoms with E-state index in [-0.39, 0.29) is 17.9 Å². The molecule has 2 N–H and O–H groups in total. The van der Waals surface area contributed by atoms with Gasteiger partial charge in [0.15, 0.2) is 0 Å². The number of ether oxygens (including phenoxy) is 1. The Kier molecular flexibility index (Phi) is 4.37. The largest absolute Gasteiger partial charge is 0.496 e. The molecule has 0 radical (unpaired) electrons. The Morgan fingerprint density at radius 1 is 1.44 bits per heavy atom. The number of methoxy groups -OCH3 is 1. The first-order valence-corrected chi connectivity index (χ1v) is 4.62. The molecule has 0 saturated carbocycles. The first-order chi connectivity index (χ1) is 7.60. The summed E-state index contributed by atoms with van der Waals surface area (Å²) < 4.78 is 43.1. The molecule has 0 aromatic heterocycles. The van der Waals surface area contributed by atoms with Crippen molar-refractivity contribution in [2.24, 2.45) is 5.73 Å². The molecule has 0 aliphatic carbocycles. The third kappa shape index (κ3) is 2.76. The molecular weight excluding hydrogens is 219 g/mol. The lowest BCUT2D eigenvalue weighted by atomic mass is 10.1. The molecule has 0 saturated heterocycles. The van der Waals surface area contributed by atoms with E-state index in [9.17, 15) is 13.2 Å². The van der Waals surface area contributed by atoms with Gasteiger partial charge in [-0.1, -0.05) is 12.2 Å². The average Bonchev–Trinajstić information content (AvgIpc) is 2.25. The number of hydrogen-bond acceptors (Lipinski definition) is 2. The molecule has 1 rings (SSSR count). The maximum Gasteiger partial charge on any atom is 0.267 e. The standard InChI is InChI=1S/C11H12F3NO/c1-16-10-7(3-2-4-15)5-8(12)6-9(10)11(13)14/h2-3,5-6,11H,4,15H2,1H3/b3-2+. The van der Waals surface area contributed by atoms with Gasteiger partial charge in [0.1, 0.15) is 11.6 Å². The van der Waals surface area contributed by atoms with Crippen molar-refractivity contribution in [2.75, 3.05) is 13.7 Å². The van der Waals surface area contributed by atoms with Gasteiger partial charge in [0.25, 0.3) is 6.43 Å². The molecular formula is C11H12F3NO. The Bertz CT molecular complexity index is 391. The first kappa shape index (κ1) is 12.6. The summed E-state index contributed by atoms with van der Waals surface area (Å²) in [5.41, 5.74) is 5.03. The lowest BCUT2D eigenvalue weighted by molar-refractivity contribution is 0.146. The summed E-state index contributed by atoms with van der Waals surface area (Å²) in [6, 6.07) is 1.89. The van der Waals surface area contributed by atoms with Crippen LogP contribution in [0.25, 0.3) is 6.08 Å². The highest BCUT2D eigenvalue weighted by atomic mass is 19.3. The number of alkyl halides is 2. The van der Waals surface area contributed by atoms with Gasteiger partial charge >= 0.3 is 0 Å². The van der Waals surface area contributed by atoms with Crippen molar-refractivity contribution in [1.82, 2.24) is 0 Å². The number of rotatable bonds is 4. The van der Waals surface area contributed by atoms with E-state index in [1.54, 1.807) is 0 Å². The van der Waals surface area contributed by atoms with Crippen LogP contribution in [-0.4, -0.2) is 13.7 Å². The second kappa shape index (κ2) is 5.55. The Hall–Kier alpha value is -1.49. The summed E-state index contributed by atoms with van der Waals surface area (Å²) in [4.78, 5) is 0. The summed E-state index contributed by atoms with van der Waals surface area (Å²) in [5, 5.41) is 0. The average molecular weight is 231 g/mol. The van der Waals surface area contributed by atoms with Gasteiger partial charge < -0.3 is 10.5 Å². The summed E-state index contributed by atoms with van der Waals surface area (Å²) >= 11 is 0. The fourth-order valence-corrected chi connectivity index (χ4v) is 1.35. The second-order valence-electron chi connectivity index (χ2n) is 3.06. The van der Waals surface area contributed by atoms with Gasteiger partial charge in [0, 0.05) is 12.1 Å². The molecule has 2 nitrogen and oxygen atoms in total. The van der Waals surface area contributed by atoms with Crippen LogP contribution >= 0.6 is 0 Å². The lowest BCUT2D eigenvalue weighted by Gasteiger charge is -2.11. The molecule has 0 bridgehead atoms. The molecule has 0 aliphatic rings. The topological polar surface area (TPSA) is 35.2 Å². The van der Waals surface area contributed by atoms with Crippen molar-refractivity contribution in [2.45, 2.75) is 6.43 Å². The Labute approximate surface area is 91.5 Å². The highest BCUT2D eigenvalue weighted by molar-refractivity contribution is 5.60. The molecule has 1 aromatic carbocycles. The van der Waals surface area contributed by atoms with E-state index in [1.165, 1.54) is 19.3 Å². The summed E-state index contributed by atoms with van der Waals surface area (Å²) in [6.07, 6.45) is 0.205. The molecule has 16 heavy (non-hydrogen) atoms. The van der Waals surface area contributed by atoms with Crippen molar-refractivity contribution in [3.63, 3.8) is 0 Å². The van der Waals surface area contributed by atoms with E-state index in [1.807, 2.05) is 0 Å². The van der Waals surface area contributed by atoms with Crippen LogP contribution in [0.3, 0.4) is 0 Å². The Balaban J connectivity index is 3.30. The van der Waals surface area contributed by atoms with Gasteiger partial charge in [-0.05, 0) is 12.1 Å². The predicted molar refractivity (Wildman–Crippen MR) is 56.0 cm³/mol. The quantitative estimate of drug-likeness (QED) is 0.864. The first-order valence-electron chi connectivity index (χ1n) is 4.62. The molecule has 0 aliphatic heterocycles. The third-order valence-corrected chi connectivity index (χ3v) is 1.98. The Morgan fingerprint density at radius 2 is 2.12 bits per heavy atom. The maximum absolute atomic E-state index is 13.1. The minimum Gasteiger partial charge on any atom is -0.496 e. The SMILES string of the molecule is COc1c(/C=C/CN)cc(F)cc1C(F)F. The molecule has 0 amide bonds. The molecule has 0 heterocycles. The highest BCUT2D eigenvalue weighted by Gasteiger charge is 2.17.